The molecule has 0 unspecified atom stereocenters. The number of anilines is 1. The van der Waals surface area contributed by atoms with E-state index in [9.17, 15) is 9.18 Å². The molecule has 0 radical (unpaired) electrons. The Morgan fingerprint density at radius 1 is 1.07 bits per heavy atom. The van der Waals surface area contributed by atoms with Gasteiger partial charge in [0.25, 0.3) is 0 Å². The van der Waals surface area contributed by atoms with Gasteiger partial charge in [-0.2, -0.15) is 0 Å². The number of aromatic nitrogens is 1. The number of carbonyl (C=O) groups excluding carboxylic acids is 1. The largest absolute Gasteiger partial charge is 0.490 e. The maximum absolute atomic E-state index is 13.8. The molecule has 46 heavy (non-hydrogen) atoms. The molecule has 3 heterocycles. The van der Waals surface area contributed by atoms with Gasteiger partial charge in [0, 0.05) is 42.0 Å². The van der Waals surface area contributed by atoms with Crippen molar-refractivity contribution in [2.45, 2.75) is 118 Å². The SMILES string of the molecule is Cc1nc(C)c([C@H](OC(C)(C)C)C(=O)OC(C)C)c(N2CCC(C)(C)CC2)c1-c1ccc2c(c1)CC[C@@H](Cc1ccc(F)cc1)O2. The van der Waals surface area contributed by atoms with Crippen LogP contribution < -0.4 is 9.64 Å². The van der Waals surface area contributed by atoms with Gasteiger partial charge in [-0.15, -0.1) is 0 Å². The first-order chi connectivity index (χ1) is 21.6. The van der Waals surface area contributed by atoms with E-state index in [1.54, 1.807) is 0 Å². The quantitative estimate of drug-likeness (QED) is 0.232. The summed E-state index contributed by atoms with van der Waals surface area (Å²) in [5, 5.41) is 0. The summed E-state index contributed by atoms with van der Waals surface area (Å²) in [6.07, 6.45) is 3.42. The monoisotopic (exact) mass is 630 g/mol. The molecular formula is C39H51FN2O4. The number of hydrogen-bond donors (Lipinski definition) is 0. The summed E-state index contributed by atoms with van der Waals surface area (Å²) in [5.41, 5.74) is 7.45. The normalized spacial score (nSPS) is 18.6. The van der Waals surface area contributed by atoms with E-state index in [2.05, 4.69) is 43.9 Å². The third kappa shape index (κ3) is 7.91. The molecule has 1 saturated heterocycles. The summed E-state index contributed by atoms with van der Waals surface area (Å²) >= 11 is 0. The maximum Gasteiger partial charge on any atom is 0.340 e. The number of esters is 1. The fourth-order valence-corrected chi connectivity index (χ4v) is 6.67. The summed E-state index contributed by atoms with van der Waals surface area (Å²) in [6, 6.07) is 13.1. The number of aryl methyl sites for hydroxylation is 3. The summed E-state index contributed by atoms with van der Waals surface area (Å²) < 4.78 is 32.2. The van der Waals surface area contributed by atoms with Gasteiger partial charge >= 0.3 is 5.97 Å². The molecule has 0 amide bonds. The fourth-order valence-electron chi connectivity index (χ4n) is 6.67. The number of ether oxygens (including phenoxy) is 3. The Bertz CT molecular complexity index is 1550. The van der Waals surface area contributed by atoms with Gasteiger partial charge in [0.1, 0.15) is 17.7 Å². The lowest BCUT2D eigenvalue weighted by molar-refractivity contribution is -0.171. The first-order valence-corrected chi connectivity index (χ1v) is 16.8. The number of carbonyl (C=O) groups is 1. The first kappa shape index (κ1) is 33.9. The Hall–Kier alpha value is -3.45. The zero-order valence-corrected chi connectivity index (χ0v) is 29.1. The second kappa shape index (κ2) is 13.3. The number of rotatable bonds is 8. The Balaban J connectivity index is 1.59. The van der Waals surface area contributed by atoms with Crippen molar-refractivity contribution in [1.29, 1.82) is 0 Å². The molecule has 2 aliphatic heterocycles. The van der Waals surface area contributed by atoms with Crippen LogP contribution in [0.4, 0.5) is 10.1 Å². The van der Waals surface area contributed by atoms with Gasteiger partial charge in [-0.25, -0.2) is 9.18 Å². The molecule has 0 bridgehead atoms. The maximum atomic E-state index is 13.8. The third-order valence-corrected chi connectivity index (χ3v) is 9.07. The smallest absolute Gasteiger partial charge is 0.340 e. The van der Waals surface area contributed by atoms with Crippen molar-refractivity contribution >= 4 is 11.7 Å². The van der Waals surface area contributed by atoms with E-state index in [0.29, 0.717) is 0 Å². The highest BCUT2D eigenvalue weighted by Gasteiger charge is 2.38. The highest BCUT2D eigenvalue weighted by molar-refractivity contribution is 5.89. The van der Waals surface area contributed by atoms with Crippen molar-refractivity contribution in [3.05, 3.63) is 76.4 Å². The molecule has 2 aliphatic rings. The molecule has 5 rings (SSSR count). The average Bonchev–Trinajstić information content (AvgIpc) is 2.96. The lowest BCUT2D eigenvalue weighted by Crippen LogP contribution is -2.39. The standard InChI is InChI=1S/C39H51FN2O4/c1-24(2)44-37(43)36(46-38(5,6)7)34-26(4)41-25(3)33(35(34)42-20-18-39(8,9)19-21-42)29-13-17-32-28(23-29)12-16-31(45-32)22-27-10-14-30(40)15-11-27/h10-11,13-15,17,23-24,31,36H,12,16,18-22H2,1-9H3/t31-,36-/m0/s1. The second-order valence-electron chi connectivity index (χ2n) is 15.1. The van der Waals surface area contributed by atoms with E-state index in [1.165, 1.54) is 12.1 Å². The van der Waals surface area contributed by atoms with E-state index in [4.69, 9.17) is 19.2 Å². The van der Waals surface area contributed by atoms with Crippen molar-refractivity contribution in [2.24, 2.45) is 5.41 Å². The number of nitrogens with zero attached hydrogens (tertiary/aromatic N) is 2. The van der Waals surface area contributed by atoms with Crippen LogP contribution in [0, 0.1) is 25.1 Å². The molecule has 0 saturated carbocycles. The van der Waals surface area contributed by atoms with E-state index < -0.39 is 17.7 Å². The molecule has 0 spiro atoms. The molecule has 3 aromatic rings. The van der Waals surface area contributed by atoms with Crippen LogP contribution in [0.3, 0.4) is 0 Å². The third-order valence-electron chi connectivity index (χ3n) is 9.07. The number of pyridine rings is 1. The summed E-state index contributed by atoms with van der Waals surface area (Å²) in [6.45, 7) is 20.1. The topological polar surface area (TPSA) is 60.9 Å². The van der Waals surface area contributed by atoms with Crippen molar-refractivity contribution < 1.29 is 23.4 Å². The molecule has 7 heteroatoms. The number of hydrogen-bond acceptors (Lipinski definition) is 6. The van der Waals surface area contributed by atoms with Crippen LogP contribution in [0.25, 0.3) is 11.1 Å². The van der Waals surface area contributed by atoms with E-state index in [0.717, 1.165) is 95.8 Å². The predicted molar refractivity (Wildman–Crippen MR) is 182 cm³/mol. The summed E-state index contributed by atoms with van der Waals surface area (Å²) in [4.78, 5) is 21.3. The lowest BCUT2D eigenvalue weighted by atomic mass is 9.81. The van der Waals surface area contributed by atoms with Crippen LogP contribution in [-0.4, -0.2) is 41.9 Å². The Kier molecular flexibility index (Phi) is 9.84. The van der Waals surface area contributed by atoms with Crippen molar-refractivity contribution in [2.75, 3.05) is 18.0 Å². The summed E-state index contributed by atoms with van der Waals surface area (Å²) in [5.74, 6) is 0.265. The van der Waals surface area contributed by atoms with Crippen LogP contribution >= 0.6 is 0 Å². The number of benzene rings is 2. The van der Waals surface area contributed by atoms with Crippen LogP contribution in [0.5, 0.6) is 5.75 Å². The Morgan fingerprint density at radius 3 is 2.37 bits per heavy atom. The molecule has 0 aliphatic carbocycles. The van der Waals surface area contributed by atoms with Gasteiger partial charge in [-0.3, -0.25) is 4.98 Å². The van der Waals surface area contributed by atoms with Crippen molar-refractivity contribution in [1.82, 2.24) is 4.98 Å². The number of fused-ring (bicyclic) bond motifs is 1. The summed E-state index contributed by atoms with van der Waals surface area (Å²) in [7, 11) is 0. The van der Waals surface area contributed by atoms with Crippen LogP contribution in [0.2, 0.25) is 0 Å². The van der Waals surface area contributed by atoms with Gasteiger partial charge in [0.15, 0.2) is 6.10 Å². The molecule has 1 fully saturated rings. The van der Waals surface area contributed by atoms with Crippen LogP contribution in [-0.2, 0) is 27.1 Å². The van der Waals surface area contributed by atoms with Gasteiger partial charge < -0.3 is 19.1 Å². The molecule has 2 aromatic carbocycles. The van der Waals surface area contributed by atoms with Gasteiger partial charge in [0.2, 0.25) is 0 Å². The lowest BCUT2D eigenvalue weighted by Gasteiger charge is -2.41. The van der Waals surface area contributed by atoms with E-state index >= 15 is 0 Å². The zero-order chi connectivity index (χ0) is 33.4. The van der Waals surface area contributed by atoms with E-state index in [-0.39, 0.29) is 23.4 Å². The minimum absolute atomic E-state index is 0.0349. The highest BCUT2D eigenvalue weighted by atomic mass is 19.1. The molecule has 2 atom stereocenters. The fraction of sp³-hybridized carbons (Fsp3) is 0.538. The van der Waals surface area contributed by atoms with Gasteiger partial charge in [-0.05, 0) is 121 Å². The predicted octanol–water partition coefficient (Wildman–Crippen LogP) is 8.88. The van der Waals surface area contributed by atoms with Crippen LogP contribution in [0.15, 0.2) is 42.5 Å². The molecule has 6 nitrogen and oxygen atoms in total. The average molecular weight is 631 g/mol. The highest BCUT2D eigenvalue weighted by Crippen LogP contribution is 2.46. The number of piperidine rings is 1. The minimum atomic E-state index is -0.924. The Morgan fingerprint density at radius 2 is 1.74 bits per heavy atom. The first-order valence-electron chi connectivity index (χ1n) is 16.8. The molecule has 1 aromatic heterocycles. The minimum Gasteiger partial charge on any atom is -0.490 e. The van der Waals surface area contributed by atoms with Crippen LogP contribution in [0.1, 0.15) is 102 Å². The van der Waals surface area contributed by atoms with Gasteiger partial charge in [-0.1, -0.05) is 32.0 Å². The molecule has 0 N–H and O–H groups in total. The second-order valence-corrected chi connectivity index (χ2v) is 15.1. The zero-order valence-electron chi connectivity index (χ0n) is 29.1. The Labute approximate surface area is 274 Å². The van der Waals surface area contributed by atoms with Gasteiger partial charge in [0.05, 0.1) is 17.4 Å². The molecule has 248 valence electrons. The van der Waals surface area contributed by atoms with Crippen molar-refractivity contribution in [3.8, 4) is 16.9 Å². The number of halogens is 1. The molecular weight excluding hydrogens is 579 g/mol. The van der Waals surface area contributed by atoms with E-state index in [1.807, 2.05) is 53.7 Å². The van der Waals surface area contributed by atoms with Crippen molar-refractivity contribution in [3.63, 3.8) is 0 Å².